The van der Waals surface area contributed by atoms with Gasteiger partial charge in [-0.1, -0.05) is 0 Å². The maximum atomic E-state index is 10.4. The largest absolute Gasteiger partial charge is 0.399 e. The first kappa shape index (κ1) is 12.3. The molecule has 0 atom stereocenters. The van der Waals surface area contributed by atoms with E-state index in [9.17, 15) is 4.79 Å². The number of carbonyl (C=O) groups excluding carboxylic acids is 1. The highest BCUT2D eigenvalue weighted by Gasteiger charge is 1.97. The van der Waals surface area contributed by atoms with Crippen LogP contribution in [0.3, 0.4) is 0 Å². The number of benzene rings is 1. The van der Waals surface area contributed by atoms with Gasteiger partial charge in [-0.3, -0.25) is 4.79 Å². The first-order valence-electron chi connectivity index (χ1n) is 5.05. The average Bonchev–Trinajstić information content (AvgIpc) is 2.22. The molecule has 16 heavy (non-hydrogen) atoms. The van der Waals surface area contributed by atoms with Crippen LogP contribution in [0.15, 0.2) is 18.2 Å². The first-order valence-corrected chi connectivity index (χ1v) is 5.05. The van der Waals surface area contributed by atoms with Crippen LogP contribution in [0, 0.1) is 6.92 Å². The molecule has 0 aliphatic rings. The number of aryl methyl sites for hydroxylation is 1. The summed E-state index contributed by atoms with van der Waals surface area (Å²) in [6.45, 7) is 2.97. The number of nitrogens with two attached hydrogens (primary N) is 2. The Kier molecular flexibility index (Phi) is 4.60. The van der Waals surface area contributed by atoms with E-state index in [4.69, 9.17) is 16.2 Å². The Bertz CT molecular complexity index is 366. The van der Waals surface area contributed by atoms with Gasteiger partial charge in [0.25, 0.3) is 0 Å². The van der Waals surface area contributed by atoms with Gasteiger partial charge in [0, 0.05) is 17.9 Å². The maximum Gasteiger partial charge on any atom is 0.243 e. The van der Waals surface area contributed by atoms with Gasteiger partial charge in [0.15, 0.2) is 0 Å². The molecule has 0 aromatic heterocycles. The number of hydrogen-bond donors (Lipinski definition) is 3. The van der Waals surface area contributed by atoms with Crippen molar-refractivity contribution in [1.29, 1.82) is 0 Å². The number of carbonyl (C=O) groups is 1. The van der Waals surface area contributed by atoms with E-state index in [0.29, 0.717) is 13.2 Å². The van der Waals surface area contributed by atoms with E-state index < -0.39 is 5.91 Å². The van der Waals surface area contributed by atoms with Gasteiger partial charge < -0.3 is 21.5 Å². The van der Waals surface area contributed by atoms with Gasteiger partial charge in [-0.05, 0) is 30.7 Å². The van der Waals surface area contributed by atoms with Crippen molar-refractivity contribution in [3.63, 3.8) is 0 Å². The molecule has 0 spiro atoms. The molecule has 0 radical (unpaired) electrons. The molecule has 88 valence electrons. The van der Waals surface area contributed by atoms with Crippen LogP contribution in [0.1, 0.15) is 5.56 Å². The highest BCUT2D eigenvalue weighted by Crippen LogP contribution is 2.15. The lowest BCUT2D eigenvalue weighted by atomic mass is 10.2. The molecular formula is C11H17N3O2. The van der Waals surface area contributed by atoms with Gasteiger partial charge in [-0.2, -0.15) is 0 Å². The predicted octanol–water partition coefficient (Wildman–Crippen LogP) is 0.491. The van der Waals surface area contributed by atoms with Crippen molar-refractivity contribution < 1.29 is 9.53 Å². The minimum atomic E-state index is -0.455. The summed E-state index contributed by atoms with van der Waals surface area (Å²) < 4.78 is 5.01. The van der Waals surface area contributed by atoms with Crippen LogP contribution in [0.2, 0.25) is 0 Å². The van der Waals surface area contributed by atoms with Crippen molar-refractivity contribution in [3.05, 3.63) is 23.8 Å². The van der Waals surface area contributed by atoms with Gasteiger partial charge in [0.2, 0.25) is 5.91 Å². The number of nitrogens with one attached hydrogen (secondary N) is 1. The summed E-state index contributed by atoms with van der Waals surface area (Å²) in [5, 5.41) is 3.15. The fraction of sp³-hybridized carbons (Fsp3) is 0.364. The standard InChI is InChI=1S/C11H17N3O2/c1-8-6-9(2-3-10(8)12)14-4-5-16-7-11(13)15/h2-3,6,14H,4-5,7,12H2,1H3,(H2,13,15). The number of rotatable bonds is 6. The number of amides is 1. The molecule has 0 saturated carbocycles. The number of ether oxygens (including phenoxy) is 1. The van der Waals surface area contributed by atoms with Gasteiger partial charge in [-0.25, -0.2) is 0 Å². The lowest BCUT2D eigenvalue weighted by Gasteiger charge is -2.08. The van der Waals surface area contributed by atoms with Crippen molar-refractivity contribution in [1.82, 2.24) is 0 Å². The first-order chi connectivity index (χ1) is 7.59. The minimum Gasteiger partial charge on any atom is -0.399 e. The third kappa shape index (κ3) is 4.18. The summed E-state index contributed by atoms with van der Waals surface area (Å²) in [6.07, 6.45) is 0. The number of anilines is 2. The zero-order valence-corrected chi connectivity index (χ0v) is 9.32. The van der Waals surface area contributed by atoms with Crippen LogP contribution in [0.25, 0.3) is 0 Å². The van der Waals surface area contributed by atoms with Gasteiger partial charge in [-0.15, -0.1) is 0 Å². The minimum absolute atomic E-state index is 0.0392. The van der Waals surface area contributed by atoms with Crippen LogP contribution in [0.5, 0.6) is 0 Å². The highest BCUT2D eigenvalue weighted by atomic mass is 16.5. The van der Waals surface area contributed by atoms with E-state index in [1.807, 2.05) is 25.1 Å². The Morgan fingerprint density at radius 1 is 1.50 bits per heavy atom. The van der Waals surface area contributed by atoms with E-state index >= 15 is 0 Å². The van der Waals surface area contributed by atoms with E-state index in [0.717, 1.165) is 16.9 Å². The lowest BCUT2D eigenvalue weighted by molar-refractivity contribution is -0.122. The summed E-state index contributed by atoms with van der Waals surface area (Å²) >= 11 is 0. The Morgan fingerprint density at radius 3 is 2.88 bits per heavy atom. The summed E-state index contributed by atoms with van der Waals surface area (Å²) in [6, 6.07) is 5.71. The normalized spacial score (nSPS) is 10.1. The van der Waals surface area contributed by atoms with Crippen molar-refractivity contribution in [2.45, 2.75) is 6.92 Å². The zero-order valence-electron chi connectivity index (χ0n) is 9.32. The van der Waals surface area contributed by atoms with Crippen molar-refractivity contribution >= 4 is 17.3 Å². The van der Waals surface area contributed by atoms with E-state index in [2.05, 4.69) is 5.32 Å². The SMILES string of the molecule is Cc1cc(NCCOCC(N)=O)ccc1N. The molecule has 1 aromatic rings. The molecule has 0 aliphatic carbocycles. The Balaban J connectivity index is 2.27. The van der Waals surface area contributed by atoms with Gasteiger partial charge in [0.05, 0.1) is 6.61 Å². The van der Waals surface area contributed by atoms with Crippen LogP contribution in [-0.2, 0) is 9.53 Å². The Hall–Kier alpha value is -1.75. The lowest BCUT2D eigenvalue weighted by Crippen LogP contribution is -2.20. The van der Waals surface area contributed by atoms with Crippen LogP contribution < -0.4 is 16.8 Å². The molecule has 1 rings (SSSR count). The molecule has 1 amide bonds. The molecule has 0 bridgehead atoms. The number of hydrogen-bond acceptors (Lipinski definition) is 4. The van der Waals surface area contributed by atoms with Crippen LogP contribution >= 0.6 is 0 Å². The topological polar surface area (TPSA) is 90.4 Å². The fourth-order valence-corrected chi connectivity index (χ4v) is 1.23. The van der Waals surface area contributed by atoms with Crippen molar-refractivity contribution in [2.24, 2.45) is 5.73 Å². The highest BCUT2D eigenvalue weighted by molar-refractivity contribution is 5.74. The predicted molar refractivity (Wildman–Crippen MR) is 64.1 cm³/mol. The maximum absolute atomic E-state index is 10.4. The molecule has 0 fully saturated rings. The number of primary amides is 1. The molecule has 0 unspecified atom stereocenters. The van der Waals surface area contributed by atoms with E-state index in [-0.39, 0.29) is 6.61 Å². The van der Waals surface area contributed by atoms with Gasteiger partial charge in [0.1, 0.15) is 6.61 Å². The Morgan fingerprint density at radius 2 is 2.25 bits per heavy atom. The van der Waals surface area contributed by atoms with Crippen LogP contribution in [0.4, 0.5) is 11.4 Å². The molecule has 0 heterocycles. The summed E-state index contributed by atoms with van der Waals surface area (Å²) in [7, 11) is 0. The third-order valence-electron chi connectivity index (χ3n) is 2.09. The molecule has 0 aliphatic heterocycles. The molecule has 0 saturated heterocycles. The molecule has 5 nitrogen and oxygen atoms in total. The molecule has 1 aromatic carbocycles. The average molecular weight is 223 g/mol. The Labute approximate surface area is 94.8 Å². The van der Waals surface area contributed by atoms with Crippen molar-refractivity contribution in [3.8, 4) is 0 Å². The molecule has 5 heteroatoms. The zero-order chi connectivity index (χ0) is 12.0. The second kappa shape index (κ2) is 5.97. The van der Waals surface area contributed by atoms with Gasteiger partial charge >= 0.3 is 0 Å². The monoisotopic (exact) mass is 223 g/mol. The summed E-state index contributed by atoms with van der Waals surface area (Å²) in [5.74, 6) is -0.455. The molecular weight excluding hydrogens is 206 g/mol. The third-order valence-corrected chi connectivity index (χ3v) is 2.09. The van der Waals surface area contributed by atoms with E-state index in [1.165, 1.54) is 0 Å². The second-order valence-corrected chi connectivity index (χ2v) is 3.52. The molecule has 5 N–H and O–H groups in total. The number of nitrogen functional groups attached to an aromatic ring is 1. The fourth-order valence-electron chi connectivity index (χ4n) is 1.23. The van der Waals surface area contributed by atoms with E-state index in [1.54, 1.807) is 0 Å². The quantitative estimate of drug-likeness (QED) is 0.483. The second-order valence-electron chi connectivity index (χ2n) is 3.52. The van der Waals surface area contributed by atoms with Crippen LogP contribution in [-0.4, -0.2) is 25.7 Å². The smallest absolute Gasteiger partial charge is 0.243 e. The summed E-state index contributed by atoms with van der Waals surface area (Å²) in [4.78, 5) is 10.4. The summed E-state index contributed by atoms with van der Waals surface area (Å²) in [5.41, 5.74) is 13.4. The van der Waals surface area contributed by atoms with Crippen molar-refractivity contribution in [2.75, 3.05) is 30.8 Å².